The number of allylic oxidation sites excluding steroid dienone is 1. The van der Waals surface area contributed by atoms with Crippen LogP contribution in [0, 0.1) is 46.3 Å². The van der Waals surface area contributed by atoms with E-state index in [2.05, 4.69) is 33.8 Å². The molecule has 3 fully saturated rings. The van der Waals surface area contributed by atoms with Gasteiger partial charge < -0.3 is 15.3 Å². The lowest BCUT2D eigenvalue weighted by atomic mass is 9.47. The topological polar surface area (TPSA) is 60.7 Å². The molecule has 0 spiro atoms. The van der Waals surface area contributed by atoms with Gasteiger partial charge in [0.15, 0.2) is 0 Å². The molecule has 30 heavy (non-hydrogen) atoms. The van der Waals surface area contributed by atoms with Crippen LogP contribution in [0.5, 0.6) is 0 Å². The van der Waals surface area contributed by atoms with Crippen molar-refractivity contribution >= 4 is 0 Å². The second-order valence-electron chi connectivity index (χ2n) is 12.2. The Bertz CT molecular complexity index is 644. The molecule has 4 aliphatic rings. The number of hydrogen-bond acceptors (Lipinski definition) is 3. The average Bonchev–Trinajstić information content (AvgIpc) is 3.08. The molecule has 0 aromatic carbocycles. The Kier molecular flexibility index (Phi) is 6.48. The van der Waals surface area contributed by atoms with Crippen LogP contribution in [-0.2, 0) is 0 Å². The Morgan fingerprint density at radius 1 is 1.03 bits per heavy atom. The normalized spacial score (nSPS) is 46.2. The molecular weight excluding hydrogens is 372 g/mol. The summed E-state index contributed by atoms with van der Waals surface area (Å²) in [5.41, 5.74) is 2.23. The van der Waals surface area contributed by atoms with E-state index in [1.54, 1.807) is 5.57 Å². The molecule has 3 saturated carbocycles. The van der Waals surface area contributed by atoms with E-state index >= 15 is 0 Å². The van der Waals surface area contributed by atoms with Gasteiger partial charge in [-0.3, -0.25) is 0 Å². The van der Waals surface area contributed by atoms with Gasteiger partial charge in [-0.1, -0.05) is 39.3 Å². The van der Waals surface area contributed by atoms with Crippen LogP contribution in [0.2, 0.25) is 0 Å². The molecule has 172 valence electrons. The third kappa shape index (κ3) is 3.71. The van der Waals surface area contributed by atoms with Crippen molar-refractivity contribution in [2.24, 2.45) is 46.3 Å². The van der Waals surface area contributed by atoms with E-state index in [9.17, 15) is 15.3 Å². The Balaban J connectivity index is 1.49. The SMILES string of the molecule is CC(CO)CC[C@H](O)[C@@H](C)[C@H]1CC[C@H]2[C@@H]3CC=C4C[C@@H](O)CC[C@]4(C)[C@H]3CC[C@]12C. The second kappa shape index (κ2) is 8.52. The van der Waals surface area contributed by atoms with Crippen LogP contribution >= 0.6 is 0 Å². The van der Waals surface area contributed by atoms with Gasteiger partial charge in [-0.15, -0.1) is 0 Å². The van der Waals surface area contributed by atoms with Gasteiger partial charge >= 0.3 is 0 Å². The minimum atomic E-state index is -0.243. The lowest BCUT2D eigenvalue weighted by Crippen LogP contribution is -2.51. The highest BCUT2D eigenvalue weighted by Crippen LogP contribution is 2.67. The van der Waals surface area contributed by atoms with E-state index < -0.39 is 0 Å². The number of fused-ring (bicyclic) bond motifs is 5. The Morgan fingerprint density at radius 2 is 1.80 bits per heavy atom. The van der Waals surface area contributed by atoms with Crippen molar-refractivity contribution in [3.8, 4) is 0 Å². The molecule has 0 amide bonds. The lowest BCUT2D eigenvalue weighted by molar-refractivity contribution is -0.0683. The summed E-state index contributed by atoms with van der Waals surface area (Å²) in [6.45, 7) is 9.64. The summed E-state index contributed by atoms with van der Waals surface area (Å²) in [4.78, 5) is 0. The highest BCUT2D eigenvalue weighted by Gasteiger charge is 2.59. The molecule has 4 aliphatic carbocycles. The van der Waals surface area contributed by atoms with Crippen molar-refractivity contribution in [2.45, 2.75) is 104 Å². The van der Waals surface area contributed by atoms with E-state index in [0.717, 1.165) is 49.9 Å². The highest BCUT2D eigenvalue weighted by molar-refractivity contribution is 5.25. The monoisotopic (exact) mass is 418 g/mol. The van der Waals surface area contributed by atoms with Crippen LogP contribution in [0.4, 0.5) is 0 Å². The first kappa shape index (κ1) is 22.8. The van der Waals surface area contributed by atoms with Crippen molar-refractivity contribution in [1.29, 1.82) is 0 Å². The summed E-state index contributed by atoms with van der Waals surface area (Å²) in [5, 5.41) is 30.5. The van der Waals surface area contributed by atoms with Gasteiger partial charge in [0.05, 0.1) is 12.2 Å². The fourth-order valence-corrected chi connectivity index (χ4v) is 8.62. The molecule has 0 aromatic rings. The van der Waals surface area contributed by atoms with Gasteiger partial charge in [0.2, 0.25) is 0 Å². The zero-order chi connectivity index (χ0) is 21.7. The number of hydrogen-bond donors (Lipinski definition) is 3. The predicted octanol–water partition coefficient (Wildman–Crippen LogP) is 5.33. The van der Waals surface area contributed by atoms with E-state index in [-0.39, 0.29) is 24.7 Å². The van der Waals surface area contributed by atoms with E-state index in [1.165, 1.54) is 32.1 Å². The largest absolute Gasteiger partial charge is 0.396 e. The smallest absolute Gasteiger partial charge is 0.0577 e. The van der Waals surface area contributed by atoms with E-state index in [1.807, 2.05) is 0 Å². The molecule has 4 rings (SSSR count). The second-order valence-corrected chi connectivity index (χ2v) is 12.2. The molecule has 0 aromatic heterocycles. The highest BCUT2D eigenvalue weighted by atomic mass is 16.3. The van der Waals surface area contributed by atoms with Crippen molar-refractivity contribution in [3.63, 3.8) is 0 Å². The fraction of sp³-hybridized carbons (Fsp3) is 0.926. The van der Waals surface area contributed by atoms with Gasteiger partial charge in [0, 0.05) is 6.61 Å². The third-order valence-corrected chi connectivity index (χ3v) is 10.7. The minimum Gasteiger partial charge on any atom is -0.396 e. The molecule has 0 heterocycles. The maximum Gasteiger partial charge on any atom is 0.0577 e. The molecule has 0 radical (unpaired) electrons. The van der Waals surface area contributed by atoms with Crippen LogP contribution in [0.15, 0.2) is 11.6 Å². The predicted molar refractivity (Wildman–Crippen MR) is 122 cm³/mol. The number of aliphatic hydroxyl groups is 3. The van der Waals surface area contributed by atoms with Gasteiger partial charge in [-0.25, -0.2) is 0 Å². The van der Waals surface area contributed by atoms with Crippen molar-refractivity contribution < 1.29 is 15.3 Å². The summed E-state index contributed by atoms with van der Waals surface area (Å²) in [7, 11) is 0. The van der Waals surface area contributed by atoms with Crippen molar-refractivity contribution in [1.82, 2.24) is 0 Å². The number of aliphatic hydroxyl groups excluding tert-OH is 3. The molecule has 0 saturated heterocycles. The lowest BCUT2D eigenvalue weighted by Gasteiger charge is -2.58. The third-order valence-electron chi connectivity index (χ3n) is 10.7. The van der Waals surface area contributed by atoms with Gasteiger partial charge in [-0.2, -0.15) is 0 Å². The van der Waals surface area contributed by atoms with Crippen LogP contribution in [0.3, 0.4) is 0 Å². The summed E-state index contributed by atoms with van der Waals surface area (Å²) >= 11 is 0. The van der Waals surface area contributed by atoms with Gasteiger partial charge in [0.1, 0.15) is 0 Å². The summed E-state index contributed by atoms with van der Waals surface area (Å²) in [6.07, 6.45) is 13.4. The maximum absolute atomic E-state index is 11.0. The standard InChI is InChI=1S/C27H46O3/c1-17(16-28)5-10-25(30)18(2)22-8-9-23-21-7-6-19-15-20(29)11-13-26(19,3)24(21)12-14-27(22,23)4/h6,17-18,20-25,28-30H,5,7-16H2,1-4H3/t17?,18-,20-,21-,22+,23-,24-,25-,26-,27+/m0/s1. The summed E-state index contributed by atoms with van der Waals surface area (Å²) in [5.74, 6) is 3.61. The van der Waals surface area contributed by atoms with E-state index in [4.69, 9.17) is 0 Å². The summed E-state index contributed by atoms with van der Waals surface area (Å²) in [6, 6.07) is 0. The zero-order valence-corrected chi connectivity index (χ0v) is 19.8. The molecule has 3 nitrogen and oxygen atoms in total. The Labute approximate surface area is 184 Å². The van der Waals surface area contributed by atoms with Crippen LogP contribution < -0.4 is 0 Å². The molecule has 0 bridgehead atoms. The van der Waals surface area contributed by atoms with Crippen LogP contribution in [0.25, 0.3) is 0 Å². The Morgan fingerprint density at radius 3 is 2.53 bits per heavy atom. The number of rotatable bonds is 6. The first-order valence-corrected chi connectivity index (χ1v) is 12.9. The van der Waals surface area contributed by atoms with Gasteiger partial charge in [-0.05, 0) is 111 Å². The average molecular weight is 419 g/mol. The molecular formula is C27H46O3. The van der Waals surface area contributed by atoms with E-state index in [0.29, 0.717) is 22.7 Å². The van der Waals surface area contributed by atoms with Crippen molar-refractivity contribution in [2.75, 3.05) is 6.61 Å². The first-order valence-electron chi connectivity index (χ1n) is 12.9. The molecule has 1 unspecified atom stereocenters. The van der Waals surface area contributed by atoms with Crippen molar-refractivity contribution in [3.05, 3.63) is 11.6 Å². The van der Waals surface area contributed by atoms with Gasteiger partial charge in [0.25, 0.3) is 0 Å². The quantitative estimate of drug-likeness (QED) is 0.511. The fourth-order valence-electron chi connectivity index (χ4n) is 8.62. The molecule has 3 heteroatoms. The zero-order valence-electron chi connectivity index (χ0n) is 19.8. The molecule has 10 atom stereocenters. The molecule has 3 N–H and O–H groups in total. The summed E-state index contributed by atoms with van der Waals surface area (Å²) < 4.78 is 0. The minimum absolute atomic E-state index is 0.124. The maximum atomic E-state index is 11.0. The Hall–Kier alpha value is -0.380. The van der Waals surface area contributed by atoms with Crippen LogP contribution in [-0.4, -0.2) is 34.1 Å². The van der Waals surface area contributed by atoms with Crippen LogP contribution in [0.1, 0.15) is 91.9 Å². The molecule has 0 aliphatic heterocycles. The first-order chi connectivity index (χ1) is 14.2.